The number of nitrogens with zero attached hydrogens (tertiary/aromatic N) is 1. The first kappa shape index (κ1) is 24.0. The Balaban J connectivity index is 1.49. The first-order valence-electron chi connectivity index (χ1n) is 12.6. The molecule has 1 fully saturated rings. The van der Waals surface area contributed by atoms with E-state index in [1.54, 1.807) is 4.90 Å². The molecular weight excluding hydrogens is 420 g/mol. The van der Waals surface area contributed by atoms with Crippen LogP contribution in [0.5, 0.6) is 0 Å². The van der Waals surface area contributed by atoms with Gasteiger partial charge in [0.2, 0.25) is 11.8 Å². The molecule has 1 aliphatic rings. The summed E-state index contributed by atoms with van der Waals surface area (Å²) in [6.45, 7) is 4.35. The molecule has 1 aliphatic carbocycles. The Morgan fingerprint density at radius 3 is 2.41 bits per heavy atom. The lowest BCUT2D eigenvalue weighted by Gasteiger charge is -2.31. The Labute approximate surface area is 203 Å². The van der Waals surface area contributed by atoms with Gasteiger partial charge in [-0.05, 0) is 55.0 Å². The van der Waals surface area contributed by atoms with Crippen LogP contribution < -0.4 is 5.32 Å². The minimum atomic E-state index is -0.511. The van der Waals surface area contributed by atoms with Gasteiger partial charge in [0.25, 0.3) is 0 Å². The number of benzene rings is 3. The van der Waals surface area contributed by atoms with E-state index >= 15 is 0 Å². The molecule has 0 aromatic heterocycles. The standard InChI is InChI=1S/C30H36N2O2/c1-22-15-17-24(18-16-22)21-32(23(2)30(34)31-27-12-4-3-5-13-27)29(33)20-19-26-11-8-10-25-9-6-7-14-28(25)26/h6-11,14-18,23,27H,3-5,12-13,19-21H2,1-2H3,(H,31,34)/t23-/m0/s1. The highest BCUT2D eigenvalue weighted by Crippen LogP contribution is 2.22. The Morgan fingerprint density at radius 1 is 0.941 bits per heavy atom. The van der Waals surface area contributed by atoms with Crippen molar-refractivity contribution in [3.63, 3.8) is 0 Å². The van der Waals surface area contributed by atoms with E-state index in [2.05, 4.69) is 48.6 Å². The smallest absolute Gasteiger partial charge is 0.242 e. The molecule has 0 heterocycles. The van der Waals surface area contributed by atoms with Gasteiger partial charge in [0, 0.05) is 19.0 Å². The van der Waals surface area contributed by atoms with E-state index in [0.717, 1.165) is 31.2 Å². The molecule has 3 aromatic rings. The number of amides is 2. The van der Waals surface area contributed by atoms with Crippen LogP contribution in [0.1, 0.15) is 62.1 Å². The largest absolute Gasteiger partial charge is 0.352 e. The first-order chi connectivity index (χ1) is 16.5. The van der Waals surface area contributed by atoms with Gasteiger partial charge in [-0.15, -0.1) is 0 Å². The molecule has 1 N–H and O–H groups in total. The normalized spacial score (nSPS) is 15.1. The first-order valence-corrected chi connectivity index (χ1v) is 12.6. The van der Waals surface area contributed by atoms with Crippen LogP contribution in [-0.2, 0) is 22.6 Å². The topological polar surface area (TPSA) is 49.4 Å². The molecule has 0 bridgehead atoms. The second-order valence-corrected chi connectivity index (χ2v) is 9.67. The zero-order valence-corrected chi connectivity index (χ0v) is 20.4. The summed E-state index contributed by atoms with van der Waals surface area (Å²) in [5, 5.41) is 5.58. The molecule has 0 saturated heterocycles. The molecule has 178 valence electrons. The Morgan fingerprint density at radius 2 is 1.65 bits per heavy atom. The maximum Gasteiger partial charge on any atom is 0.242 e. The second-order valence-electron chi connectivity index (χ2n) is 9.67. The molecule has 0 spiro atoms. The van der Waals surface area contributed by atoms with Gasteiger partial charge in [0.1, 0.15) is 6.04 Å². The Bertz CT molecular complexity index is 1110. The lowest BCUT2D eigenvalue weighted by molar-refractivity contribution is -0.141. The molecule has 1 atom stereocenters. The van der Waals surface area contributed by atoms with Gasteiger partial charge in [-0.2, -0.15) is 0 Å². The molecule has 0 radical (unpaired) electrons. The highest BCUT2D eigenvalue weighted by molar-refractivity contribution is 5.89. The summed E-state index contributed by atoms with van der Waals surface area (Å²) < 4.78 is 0. The molecule has 0 aliphatic heterocycles. The molecule has 4 nitrogen and oxygen atoms in total. The molecule has 4 rings (SSSR count). The van der Waals surface area contributed by atoms with Crippen molar-refractivity contribution in [2.45, 2.75) is 77.4 Å². The highest BCUT2D eigenvalue weighted by Gasteiger charge is 2.28. The molecule has 3 aromatic carbocycles. The third-order valence-electron chi connectivity index (χ3n) is 7.08. The number of rotatable bonds is 8. The Kier molecular flexibility index (Phi) is 7.99. The summed E-state index contributed by atoms with van der Waals surface area (Å²) in [5.41, 5.74) is 3.39. The molecule has 2 amide bonds. The maximum absolute atomic E-state index is 13.5. The monoisotopic (exact) mass is 456 g/mol. The summed E-state index contributed by atoms with van der Waals surface area (Å²) >= 11 is 0. The predicted molar refractivity (Wildman–Crippen MR) is 138 cm³/mol. The van der Waals surface area contributed by atoms with E-state index in [0.29, 0.717) is 19.4 Å². The Hall–Kier alpha value is -3.14. The number of aryl methyl sites for hydroxylation is 2. The van der Waals surface area contributed by atoms with Crippen molar-refractivity contribution in [1.29, 1.82) is 0 Å². The fourth-order valence-corrected chi connectivity index (χ4v) is 4.94. The maximum atomic E-state index is 13.5. The third kappa shape index (κ3) is 6.05. The molecular formula is C30H36N2O2. The van der Waals surface area contributed by atoms with Gasteiger partial charge in [-0.3, -0.25) is 9.59 Å². The summed E-state index contributed by atoms with van der Waals surface area (Å²) in [4.78, 5) is 28.4. The lowest BCUT2D eigenvalue weighted by Crippen LogP contribution is -2.50. The zero-order chi connectivity index (χ0) is 23.9. The van der Waals surface area contributed by atoms with Crippen LogP contribution in [0.25, 0.3) is 10.8 Å². The summed E-state index contributed by atoms with van der Waals surface area (Å²) in [6, 6.07) is 22.5. The zero-order valence-electron chi connectivity index (χ0n) is 20.4. The molecule has 34 heavy (non-hydrogen) atoms. The van der Waals surface area contributed by atoms with Gasteiger partial charge in [0.05, 0.1) is 0 Å². The van der Waals surface area contributed by atoms with E-state index in [1.807, 2.05) is 37.3 Å². The van der Waals surface area contributed by atoms with Crippen molar-refractivity contribution in [3.8, 4) is 0 Å². The minimum absolute atomic E-state index is 0.0137. The number of carbonyl (C=O) groups excluding carboxylic acids is 2. The van der Waals surface area contributed by atoms with Gasteiger partial charge in [-0.25, -0.2) is 0 Å². The fraction of sp³-hybridized carbons (Fsp3) is 0.400. The van der Waals surface area contributed by atoms with Crippen LogP contribution in [0.3, 0.4) is 0 Å². The van der Waals surface area contributed by atoms with Crippen molar-refractivity contribution in [2.24, 2.45) is 0 Å². The molecule has 4 heteroatoms. The van der Waals surface area contributed by atoms with E-state index in [-0.39, 0.29) is 17.9 Å². The van der Waals surface area contributed by atoms with E-state index in [9.17, 15) is 9.59 Å². The average molecular weight is 457 g/mol. The quantitative estimate of drug-likeness (QED) is 0.455. The fourth-order valence-electron chi connectivity index (χ4n) is 4.94. The molecule has 0 unspecified atom stereocenters. The molecule has 1 saturated carbocycles. The minimum Gasteiger partial charge on any atom is -0.352 e. The number of fused-ring (bicyclic) bond motifs is 1. The van der Waals surface area contributed by atoms with Crippen LogP contribution in [-0.4, -0.2) is 28.8 Å². The van der Waals surface area contributed by atoms with Crippen molar-refractivity contribution in [2.75, 3.05) is 0 Å². The second kappa shape index (κ2) is 11.3. The lowest BCUT2D eigenvalue weighted by atomic mass is 9.95. The van der Waals surface area contributed by atoms with Crippen LogP contribution in [0, 0.1) is 6.92 Å². The van der Waals surface area contributed by atoms with Gasteiger partial charge < -0.3 is 10.2 Å². The van der Waals surface area contributed by atoms with Crippen molar-refractivity contribution < 1.29 is 9.59 Å². The summed E-state index contributed by atoms with van der Waals surface area (Å²) in [6.07, 6.45) is 6.67. The van der Waals surface area contributed by atoms with Crippen molar-refractivity contribution in [1.82, 2.24) is 10.2 Å². The summed E-state index contributed by atoms with van der Waals surface area (Å²) in [5.74, 6) is -0.0303. The van der Waals surface area contributed by atoms with Gasteiger partial charge in [-0.1, -0.05) is 91.6 Å². The number of hydrogen-bond acceptors (Lipinski definition) is 2. The summed E-state index contributed by atoms with van der Waals surface area (Å²) in [7, 11) is 0. The van der Waals surface area contributed by atoms with Crippen LogP contribution >= 0.6 is 0 Å². The third-order valence-corrected chi connectivity index (χ3v) is 7.08. The predicted octanol–water partition coefficient (Wildman–Crippen LogP) is 5.95. The van der Waals surface area contributed by atoms with Gasteiger partial charge >= 0.3 is 0 Å². The van der Waals surface area contributed by atoms with Crippen LogP contribution in [0.15, 0.2) is 66.7 Å². The SMILES string of the molecule is Cc1ccc(CN(C(=O)CCc2cccc3ccccc23)[C@@H](C)C(=O)NC2CCCCC2)cc1. The van der Waals surface area contributed by atoms with Crippen molar-refractivity contribution in [3.05, 3.63) is 83.4 Å². The highest BCUT2D eigenvalue weighted by atomic mass is 16.2. The number of hydrogen-bond donors (Lipinski definition) is 1. The van der Waals surface area contributed by atoms with Gasteiger partial charge in [0.15, 0.2) is 0 Å². The average Bonchev–Trinajstić information content (AvgIpc) is 2.87. The van der Waals surface area contributed by atoms with Crippen LogP contribution in [0.2, 0.25) is 0 Å². The van der Waals surface area contributed by atoms with E-state index < -0.39 is 6.04 Å². The van der Waals surface area contributed by atoms with Crippen molar-refractivity contribution >= 4 is 22.6 Å². The van der Waals surface area contributed by atoms with Crippen LogP contribution in [0.4, 0.5) is 0 Å². The number of carbonyl (C=O) groups is 2. The van der Waals surface area contributed by atoms with E-state index in [1.165, 1.54) is 28.3 Å². The number of nitrogens with one attached hydrogen (secondary N) is 1. The van der Waals surface area contributed by atoms with E-state index in [4.69, 9.17) is 0 Å².